The van der Waals surface area contributed by atoms with Gasteiger partial charge in [0.2, 0.25) is 11.6 Å². The molecular weight excluding hydrogens is 356 g/mol. The van der Waals surface area contributed by atoms with E-state index in [-0.39, 0.29) is 11.0 Å². The van der Waals surface area contributed by atoms with Crippen molar-refractivity contribution in [1.29, 1.82) is 0 Å². The Bertz CT molecular complexity index is 1050. The van der Waals surface area contributed by atoms with Crippen LogP contribution in [0.2, 0.25) is 0 Å². The topological polar surface area (TPSA) is 69.9 Å². The molecule has 3 aromatic rings. The molecule has 0 spiro atoms. The van der Waals surface area contributed by atoms with Gasteiger partial charge >= 0.3 is 0 Å². The number of hydrogen-bond donors (Lipinski definition) is 0. The van der Waals surface area contributed by atoms with E-state index < -0.39 is 10.0 Å². The average Bonchev–Trinajstić information content (AvgIpc) is 3.23. The van der Waals surface area contributed by atoms with E-state index in [2.05, 4.69) is 4.40 Å². The Morgan fingerprint density at radius 1 is 1.30 bits per heavy atom. The average molecular weight is 368 g/mol. The van der Waals surface area contributed by atoms with Gasteiger partial charge in [0, 0.05) is 18.7 Å². The summed E-state index contributed by atoms with van der Waals surface area (Å²) < 4.78 is 42.6. The molecule has 2 aromatic heterocycles. The molecule has 0 unspecified atom stereocenters. The number of thiophene rings is 1. The van der Waals surface area contributed by atoms with Gasteiger partial charge in [-0.25, -0.2) is 0 Å². The molecule has 120 valence electrons. The summed E-state index contributed by atoms with van der Waals surface area (Å²) in [6.45, 7) is 2.77. The molecule has 1 aromatic carbocycles. The molecule has 3 heterocycles. The van der Waals surface area contributed by atoms with Gasteiger partial charge in [0.05, 0.1) is 10.2 Å². The number of fused-ring (bicyclic) bond motifs is 2. The Kier molecular flexibility index (Phi) is 3.43. The van der Waals surface area contributed by atoms with Crippen LogP contribution in [0.1, 0.15) is 6.92 Å². The molecule has 0 saturated carbocycles. The number of aryl methyl sites for hydroxylation is 1. The minimum absolute atomic E-state index is 0.211. The number of ether oxygens (including phenoxy) is 2. The molecule has 0 atom stereocenters. The van der Waals surface area contributed by atoms with Crippen molar-refractivity contribution in [1.82, 2.24) is 4.57 Å². The van der Waals surface area contributed by atoms with Gasteiger partial charge in [0.15, 0.2) is 11.5 Å². The van der Waals surface area contributed by atoms with Crippen LogP contribution in [-0.2, 0) is 16.6 Å². The highest BCUT2D eigenvalue weighted by Crippen LogP contribution is 2.37. The molecule has 6 nitrogen and oxygen atoms in total. The number of thiazole rings is 1. The van der Waals surface area contributed by atoms with Gasteiger partial charge < -0.3 is 14.0 Å². The largest absolute Gasteiger partial charge is 0.454 e. The highest BCUT2D eigenvalue weighted by molar-refractivity contribution is 7.92. The zero-order valence-corrected chi connectivity index (χ0v) is 14.5. The Hall–Kier alpha value is -1.84. The number of rotatable bonds is 3. The van der Waals surface area contributed by atoms with E-state index in [0.29, 0.717) is 22.8 Å². The number of hydrogen-bond acceptors (Lipinski definition) is 6. The van der Waals surface area contributed by atoms with Crippen LogP contribution in [0.4, 0.5) is 0 Å². The minimum Gasteiger partial charge on any atom is -0.454 e. The lowest BCUT2D eigenvalue weighted by Gasteiger charge is -2.01. The highest BCUT2D eigenvalue weighted by Gasteiger charge is 2.19. The molecule has 0 radical (unpaired) electrons. The fraction of sp³-hybridized carbons (Fsp3) is 0.214. The molecule has 0 fully saturated rings. The van der Waals surface area contributed by atoms with E-state index in [1.807, 2.05) is 23.6 Å². The van der Waals surface area contributed by atoms with Gasteiger partial charge in [-0.1, -0.05) is 17.4 Å². The molecule has 0 bridgehead atoms. The van der Waals surface area contributed by atoms with E-state index >= 15 is 0 Å². The van der Waals surface area contributed by atoms with E-state index in [9.17, 15) is 8.42 Å². The zero-order valence-electron chi connectivity index (χ0n) is 12.1. The van der Waals surface area contributed by atoms with Crippen LogP contribution in [0.5, 0.6) is 11.5 Å². The third kappa shape index (κ3) is 2.44. The van der Waals surface area contributed by atoms with Crippen molar-refractivity contribution < 1.29 is 17.9 Å². The summed E-state index contributed by atoms with van der Waals surface area (Å²) in [5.74, 6) is 1.35. The fourth-order valence-corrected chi connectivity index (χ4v) is 5.67. The van der Waals surface area contributed by atoms with Crippen molar-refractivity contribution in [3.63, 3.8) is 0 Å². The third-order valence-corrected chi connectivity index (χ3v) is 7.24. The van der Waals surface area contributed by atoms with E-state index in [1.165, 1.54) is 11.3 Å². The van der Waals surface area contributed by atoms with Crippen molar-refractivity contribution in [3.05, 3.63) is 34.4 Å². The standard InChI is InChI=1S/C14H12N2O4S3/c1-2-16-9-6-10-11(20-8-19-10)7-12(9)22-14(16)15-23(17,18)13-4-3-5-21-13/h3-7H,2,8H2,1H3. The fourth-order valence-electron chi connectivity index (χ4n) is 2.39. The molecule has 0 amide bonds. The van der Waals surface area contributed by atoms with Crippen molar-refractivity contribution >= 4 is 42.9 Å². The first kappa shape index (κ1) is 14.7. The van der Waals surface area contributed by atoms with Crippen molar-refractivity contribution in [2.45, 2.75) is 17.7 Å². The van der Waals surface area contributed by atoms with Crippen molar-refractivity contribution in [3.8, 4) is 11.5 Å². The molecule has 23 heavy (non-hydrogen) atoms. The minimum atomic E-state index is -3.69. The molecule has 0 aliphatic carbocycles. The normalized spacial score (nSPS) is 14.7. The van der Waals surface area contributed by atoms with Crippen LogP contribution in [0.15, 0.2) is 38.3 Å². The summed E-state index contributed by atoms with van der Waals surface area (Å²) in [5, 5.41) is 1.72. The van der Waals surface area contributed by atoms with Gasteiger partial charge in [-0.15, -0.1) is 15.7 Å². The Balaban J connectivity index is 1.96. The smallest absolute Gasteiger partial charge is 0.294 e. The van der Waals surface area contributed by atoms with Crippen molar-refractivity contribution in [2.24, 2.45) is 4.40 Å². The van der Waals surface area contributed by atoms with E-state index in [4.69, 9.17) is 9.47 Å². The van der Waals surface area contributed by atoms with Gasteiger partial charge in [0.1, 0.15) is 4.21 Å². The maximum Gasteiger partial charge on any atom is 0.294 e. The maximum atomic E-state index is 12.4. The molecule has 0 saturated heterocycles. The number of sulfonamides is 1. The van der Waals surface area contributed by atoms with Gasteiger partial charge in [-0.3, -0.25) is 0 Å². The lowest BCUT2D eigenvalue weighted by molar-refractivity contribution is 0.174. The van der Waals surface area contributed by atoms with Crippen LogP contribution >= 0.6 is 22.7 Å². The predicted octanol–water partition coefficient (Wildman–Crippen LogP) is 2.80. The molecule has 4 rings (SSSR count). The van der Waals surface area contributed by atoms with Crippen LogP contribution in [-0.4, -0.2) is 19.8 Å². The number of benzene rings is 1. The van der Waals surface area contributed by atoms with Gasteiger partial charge in [-0.05, 0) is 18.4 Å². The highest BCUT2D eigenvalue weighted by atomic mass is 32.2. The lowest BCUT2D eigenvalue weighted by Crippen LogP contribution is -2.15. The Morgan fingerprint density at radius 3 is 2.78 bits per heavy atom. The van der Waals surface area contributed by atoms with Crippen LogP contribution in [0, 0.1) is 0 Å². The summed E-state index contributed by atoms with van der Waals surface area (Å²) >= 11 is 2.49. The van der Waals surface area contributed by atoms with Crippen molar-refractivity contribution in [2.75, 3.05) is 6.79 Å². The summed E-state index contributed by atoms with van der Waals surface area (Å²) in [5.41, 5.74) is 0.891. The predicted molar refractivity (Wildman–Crippen MR) is 88.7 cm³/mol. The molecular formula is C14H12N2O4S3. The number of nitrogens with zero attached hydrogens (tertiary/aromatic N) is 2. The van der Waals surface area contributed by atoms with Crippen LogP contribution in [0.25, 0.3) is 10.2 Å². The Morgan fingerprint density at radius 2 is 2.09 bits per heavy atom. The van der Waals surface area contributed by atoms with Crippen LogP contribution < -0.4 is 14.3 Å². The second kappa shape index (κ2) is 5.36. The first-order chi connectivity index (χ1) is 11.1. The molecule has 1 aliphatic rings. The third-order valence-electron chi connectivity index (χ3n) is 3.44. The molecule has 0 N–H and O–H groups in total. The van der Waals surface area contributed by atoms with Gasteiger partial charge in [0.25, 0.3) is 10.0 Å². The Labute approximate surface area is 140 Å². The summed E-state index contributed by atoms with van der Waals surface area (Å²) in [6, 6.07) is 6.99. The number of aromatic nitrogens is 1. The zero-order chi connectivity index (χ0) is 16.0. The molecule has 9 heteroatoms. The first-order valence-corrected chi connectivity index (χ1v) is 9.99. The van der Waals surface area contributed by atoms with E-state index in [1.54, 1.807) is 17.5 Å². The van der Waals surface area contributed by atoms with E-state index in [0.717, 1.165) is 21.6 Å². The summed E-state index contributed by atoms with van der Waals surface area (Å²) in [6.07, 6.45) is 0. The van der Waals surface area contributed by atoms with Crippen LogP contribution in [0.3, 0.4) is 0 Å². The summed E-state index contributed by atoms with van der Waals surface area (Å²) in [4.78, 5) is 0.444. The van der Waals surface area contributed by atoms with Gasteiger partial charge in [-0.2, -0.15) is 8.42 Å². The monoisotopic (exact) mass is 368 g/mol. The molecule has 1 aliphatic heterocycles. The lowest BCUT2D eigenvalue weighted by atomic mass is 10.3. The first-order valence-electron chi connectivity index (χ1n) is 6.86. The second-order valence-electron chi connectivity index (χ2n) is 4.80. The maximum absolute atomic E-state index is 12.4. The SMILES string of the molecule is CCn1c(=NS(=O)(=O)c2cccs2)sc2cc3c(cc21)OCO3. The quantitative estimate of drug-likeness (QED) is 0.713. The summed E-state index contributed by atoms with van der Waals surface area (Å²) in [7, 11) is -3.69. The second-order valence-corrected chi connectivity index (χ2v) is 8.59.